The maximum absolute atomic E-state index is 12.7. The Morgan fingerprint density at radius 3 is 2.62 bits per heavy atom. The number of carbonyl (C=O) groups excluding carboxylic acids is 1. The molecule has 0 bridgehead atoms. The van der Waals surface area contributed by atoms with Crippen LogP contribution in [-0.4, -0.2) is 60.8 Å². The zero-order valence-corrected chi connectivity index (χ0v) is 17.6. The summed E-state index contributed by atoms with van der Waals surface area (Å²) in [6.07, 6.45) is 7.47. The number of thioether (sulfide) groups is 1. The molecule has 1 fully saturated rings. The predicted octanol–water partition coefficient (Wildman–Crippen LogP) is 1.58. The van der Waals surface area contributed by atoms with Gasteiger partial charge in [-0.25, -0.2) is 19.5 Å². The van der Waals surface area contributed by atoms with E-state index in [1.807, 2.05) is 26.2 Å². The first-order valence-electron chi connectivity index (χ1n) is 9.63. The molecule has 0 spiro atoms. The number of nitrogens with one attached hydrogen (secondary N) is 1. The minimum absolute atomic E-state index is 0.0111. The van der Waals surface area contributed by atoms with Crippen molar-refractivity contribution in [3.8, 4) is 0 Å². The molecule has 4 heterocycles. The molecule has 9 nitrogen and oxygen atoms in total. The van der Waals surface area contributed by atoms with Gasteiger partial charge in [-0.05, 0) is 39.0 Å². The van der Waals surface area contributed by atoms with Crippen LogP contribution in [0.25, 0.3) is 5.78 Å². The molecule has 29 heavy (non-hydrogen) atoms. The highest BCUT2D eigenvalue weighted by Gasteiger charge is 2.23. The minimum atomic E-state index is 0.0111. The van der Waals surface area contributed by atoms with Gasteiger partial charge < -0.3 is 10.2 Å². The minimum Gasteiger partial charge on any atom is -0.353 e. The van der Waals surface area contributed by atoms with Gasteiger partial charge in [0.15, 0.2) is 0 Å². The van der Waals surface area contributed by atoms with Crippen LogP contribution in [0, 0.1) is 13.8 Å². The van der Waals surface area contributed by atoms with E-state index < -0.39 is 0 Å². The van der Waals surface area contributed by atoms with E-state index in [1.165, 1.54) is 11.8 Å². The average Bonchev–Trinajstić information content (AvgIpc) is 3.15. The van der Waals surface area contributed by atoms with Crippen molar-refractivity contribution in [1.82, 2.24) is 34.9 Å². The third-order valence-corrected chi connectivity index (χ3v) is 5.78. The summed E-state index contributed by atoms with van der Waals surface area (Å²) in [6, 6.07) is 1.97. The monoisotopic (exact) mass is 412 g/mol. The summed E-state index contributed by atoms with van der Waals surface area (Å²) in [5.41, 5.74) is 2.63. The largest absolute Gasteiger partial charge is 0.353 e. The lowest BCUT2D eigenvalue weighted by Gasteiger charge is -2.32. The quantitative estimate of drug-likeness (QED) is 0.631. The Balaban J connectivity index is 1.39. The zero-order valence-electron chi connectivity index (χ0n) is 16.8. The number of aryl methyl sites for hydroxylation is 2. The SMILES string of the molecule is CSc1nc2nc(C)c(CC(=O)NC3CCN(c4ncccn4)CC3)c(C)n2n1. The van der Waals surface area contributed by atoms with Crippen LogP contribution < -0.4 is 10.2 Å². The van der Waals surface area contributed by atoms with E-state index in [9.17, 15) is 4.79 Å². The molecule has 4 rings (SSSR count). The number of rotatable bonds is 5. The second-order valence-electron chi connectivity index (χ2n) is 7.13. The van der Waals surface area contributed by atoms with Gasteiger partial charge in [0.05, 0.1) is 6.42 Å². The van der Waals surface area contributed by atoms with Crippen molar-refractivity contribution in [1.29, 1.82) is 0 Å². The summed E-state index contributed by atoms with van der Waals surface area (Å²) in [7, 11) is 0. The molecule has 0 aromatic carbocycles. The van der Waals surface area contributed by atoms with Crippen LogP contribution in [0.2, 0.25) is 0 Å². The Morgan fingerprint density at radius 1 is 1.21 bits per heavy atom. The molecule has 0 unspecified atom stereocenters. The molecule has 152 valence electrons. The molecular weight excluding hydrogens is 388 g/mol. The number of hydrogen-bond donors (Lipinski definition) is 1. The molecule has 1 amide bonds. The fraction of sp³-hybridized carbons (Fsp3) is 0.474. The van der Waals surface area contributed by atoms with Gasteiger partial charge in [0, 0.05) is 48.5 Å². The van der Waals surface area contributed by atoms with Crippen LogP contribution in [0.5, 0.6) is 0 Å². The van der Waals surface area contributed by atoms with Crippen molar-refractivity contribution >= 4 is 29.4 Å². The fourth-order valence-corrected chi connectivity index (χ4v) is 3.99. The highest BCUT2D eigenvalue weighted by atomic mass is 32.2. The van der Waals surface area contributed by atoms with Crippen molar-refractivity contribution < 1.29 is 4.79 Å². The van der Waals surface area contributed by atoms with E-state index >= 15 is 0 Å². The van der Waals surface area contributed by atoms with Crippen molar-refractivity contribution in [3.05, 3.63) is 35.4 Å². The van der Waals surface area contributed by atoms with E-state index in [2.05, 4.69) is 35.3 Å². The molecule has 0 saturated carbocycles. The number of nitrogens with zero attached hydrogens (tertiary/aromatic N) is 7. The van der Waals surface area contributed by atoms with E-state index in [0.717, 1.165) is 48.8 Å². The third-order valence-electron chi connectivity index (χ3n) is 5.24. The van der Waals surface area contributed by atoms with Gasteiger partial charge >= 0.3 is 0 Å². The van der Waals surface area contributed by atoms with Gasteiger partial charge in [0.1, 0.15) is 0 Å². The van der Waals surface area contributed by atoms with E-state index in [-0.39, 0.29) is 18.4 Å². The number of hydrogen-bond acceptors (Lipinski definition) is 8. The number of fused-ring (bicyclic) bond motifs is 1. The lowest BCUT2D eigenvalue weighted by atomic mass is 10.0. The topological polar surface area (TPSA) is 101 Å². The number of piperidine rings is 1. The molecule has 0 radical (unpaired) electrons. The van der Waals surface area contributed by atoms with Gasteiger partial charge in [0.2, 0.25) is 17.0 Å². The standard InChI is InChI=1S/C19H24N8OS/c1-12-15(13(2)27-18(22-12)24-19(25-27)29-3)11-16(28)23-14-5-9-26(10-6-14)17-20-7-4-8-21-17/h4,7-8,14H,5-6,9-11H2,1-3H3,(H,23,28). The van der Waals surface area contributed by atoms with E-state index in [1.54, 1.807) is 16.9 Å². The Bertz CT molecular complexity index is 1010. The summed E-state index contributed by atoms with van der Waals surface area (Å²) in [5, 5.41) is 8.30. The molecular formula is C19H24N8OS. The van der Waals surface area contributed by atoms with Crippen LogP contribution in [-0.2, 0) is 11.2 Å². The van der Waals surface area contributed by atoms with E-state index in [4.69, 9.17) is 0 Å². The lowest BCUT2D eigenvalue weighted by molar-refractivity contribution is -0.121. The molecule has 10 heteroatoms. The number of carbonyl (C=O) groups is 1. The van der Waals surface area contributed by atoms with Crippen LogP contribution in [0.4, 0.5) is 5.95 Å². The van der Waals surface area contributed by atoms with Crippen LogP contribution in [0.15, 0.2) is 23.6 Å². The molecule has 1 N–H and O–H groups in total. The van der Waals surface area contributed by atoms with Gasteiger partial charge in [0.25, 0.3) is 5.78 Å². The van der Waals surface area contributed by atoms with Crippen LogP contribution >= 0.6 is 11.8 Å². The molecule has 1 aliphatic heterocycles. The Morgan fingerprint density at radius 2 is 1.93 bits per heavy atom. The summed E-state index contributed by atoms with van der Waals surface area (Å²) in [5.74, 6) is 1.33. The maximum Gasteiger partial charge on any atom is 0.253 e. The summed E-state index contributed by atoms with van der Waals surface area (Å²) in [6.45, 7) is 5.54. The predicted molar refractivity (Wildman–Crippen MR) is 111 cm³/mol. The second kappa shape index (κ2) is 8.32. The number of amides is 1. The smallest absolute Gasteiger partial charge is 0.253 e. The summed E-state index contributed by atoms with van der Waals surface area (Å²) >= 11 is 1.48. The Labute approximate surface area is 173 Å². The average molecular weight is 413 g/mol. The molecule has 1 saturated heterocycles. The van der Waals surface area contributed by atoms with Gasteiger partial charge in [-0.1, -0.05) is 11.8 Å². The first kappa shape index (κ1) is 19.6. The first-order chi connectivity index (χ1) is 14.0. The molecule has 3 aromatic rings. The zero-order chi connectivity index (χ0) is 20.4. The number of anilines is 1. The Hall–Kier alpha value is -2.75. The van der Waals surface area contributed by atoms with Crippen molar-refractivity contribution in [2.75, 3.05) is 24.2 Å². The second-order valence-corrected chi connectivity index (χ2v) is 7.90. The van der Waals surface area contributed by atoms with E-state index in [0.29, 0.717) is 10.9 Å². The van der Waals surface area contributed by atoms with Crippen LogP contribution in [0.1, 0.15) is 29.8 Å². The maximum atomic E-state index is 12.7. The van der Waals surface area contributed by atoms with Gasteiger partial charge in [-0.15, -0.1) is 5.10 Å². The van der Waals surface area contributed by atoms with Crippen molar-refractivity contribution in [2.24, 2.45) is 0 Å². The van der Waals surface area contributed by atoms with Crippen molar-refractivity contribution in [2.45, 2.75) is 44.3 Å². The lowest BCUT2D eigenvalue weighted by Crippen LogP contribution is -2.45. The molecule has 0 atom stereocenters. The highest BCUT2D eigenvalue weighted by molar-refractivity contribution is 7.98. The highest BCUT2D eigenvalue weighted by Crippen LogP contribution is 2.18. The third kappa shape index (κ3) is 4.16. The summed E-state index contributed by atoms with van der Waals surface area (Å²) in [4.78, 5) is 32.4. The van der Waals surface area contributed by atoms with Crippen LogP contribution in [0.3, 0.4) is 0 Å². The molecule has 1 aliphatic rings. The van der Waals surface area contributed by atoms with Gasteiger partial charge in [-0.2, -0.15) is 4.98 Å². The Kier molecular flexibility index (Phi) is 5.61. The molecule has 0 aliphatic carbocycles. The van der Waals surface area contributed by atoms with Crippen molar-refractivity contribution in [3.63, 3.8) is 0 Å². The van der Waals surface area contributed by atoms with Gasteiger partial charge in [-0.3, -0.25) is 4.79 Å². The normalized spacial score (nSPS) is 15.1. The first-order valence-corrected chi connectivity index (χ1v) is 10.9. The molecule has 3 aromatic heterocycles. The fourth-order valence-electron chi connectivity index (χ4n) is 3.65. The number of aromatic nitrogens is 6. The summed E-state index contributed by atoms with van der Waals surface area (Å²) < 4.78 is 1.72.